The molecule has 0 saturated heterocycles. The van der Waals surface area contributed by atoms with Gasteiger partial charge in [-0.1, -0.05) is 0 Å². The van der Waals surface area contributed by atoms with Crippen molar-refractivity contribution in [3.8, 4) is 0 Å². The van der Waals surface area contributed by atoms with Crippen LogP contribution in [0, 0.1) is 0 Å². The average molecular weight is 305 g/mol. The maximum absolute atomic E-state index is 12.7. The molecular weight excluding hydrogens is 292 g/mol. The Morgan fingerprint density at radius 3 is 1.70 bits per heavy atom. The highest BCUT2D eigenvalue weighted by molar-refractivity contribution is 5.45. The van der Waals surface area contributed by atoms with Crippen molar-refractivity contribution in [2.75, 3.05) is 5.73 Å². The first-order valence-electron chi connectivity index (χ1n) is 5.34. The Morgan fingerprint density at radius 2 is 1.45 bits per heavy atom. The minimum Gasteiger partial charge on any atom is -0.384 e. The van der Waals surface area contributed by atoms with Gasteiger partial charge in [-0.3, -0.25) is 0 Å². The Labute approximate surface area is 110 Å². The second kappa shape index (κ2) is 4.27. The van der Waals surface area contributed by atoms with Gasteiger partial charge in [-0.05, 0) is 20.8 Å². The lowest BCUT2D eigenvalue weighted by Crippen LogP contribution is -2.54. The van der Waals surface area contributed by atoms with Gasteiger partial charge >= 0.3 is 12.4 Å². The van der Waals surface area contributed by atoms with Crippen molar-refractivity contribution in [1.29, 1.82) is 0 Å². The van der Waals surface area contributed by atoms with E-state index in [2.05, 4.69) is 5.10 Å². The van der Waals surface area contributed by atoms with E-state index in [1.54, 1.807) is 0 Å². The zero-order valence-electron chi connectivity index (χ0n) is 10.8. The number of hydrogen-bond donors (Lipinski definition) is 2. The number of rotatable bonds is 1. The summed E-state index contributed by atoms with van der Waals surface area (Å²) in [4.78, 5) is 0. The van der Waals surface area contributed by atoms with Crippen molar-refractivity contribution in [3.63, 3.8) is 0 Å². The van der Waals surface area contributed by atoms with E-state index in [0.717, 1.165) is 4.68 Å². The molecule has 4 nitrogen and oxygen atoms in total. The first-order valence-corrected chi connectivity index (χ1v) is 5.34. The van der Waals surface area contributed by atoms with Crippen LogP contribution in [-0.4, -0.2) is 27.2 Å². The van der Waals surface area contributed by atoms with Gasteiger partial charge < -0.3 is 10.8 Å². The zero-order valence-corrected chi connectivity index (χ0v) is 10.8. The van der Waals surface area contributed by atoms with Gasteiger partial charge in [0, 0.05) is 0 Å². The molecule has 0 radical (unpaired) electrons. The first-order chi connectivity index (χ1) is 8.64. The van der Waals surface area contributed by atoms with Gasteiger partial charge in [0.2, 0.25) is 0 Å². The van der Waals surface area contributed by atoms with Crippen LogP contribution in [0.5, 0.6) is 0 Å². The smallest absolute Gasteiger partial charge is 0.384 e. The van der Waals surface area contributed by atoms with Crippen LogP contribution in [-0.2, 0) is 11.1 Å². The molecular formula is C10H13F6N3O. The van der Waals surface area contributed by atoms with Crippen molar-refractivity contribution < 1.29 is 31.4 Å². The quantitative estimate of drug-likeness (QED) is 0.784. The minimum atomic E-state index is -5.98. The largest absolute Gasteiger partial charge is 0.430 e. The fourth-order valence-electron chi connectivity index (χ4n) is 1.64. The lowest BCUT2D eigenvalue weighted by molar-refractivity contribution is -0.376. The SMILES string of the molecule is CC(C)(C)n1ncc(C(O)(C(F)(F)F)C(F)(F)F)c1N. The van der Waals surface area contributed by atoms with Crippen molar-refractivity contribution in [1.82, 2.24) is 9.78 Å². The molecule has 1 aromatic heterocycles. The standard InChI is InChI=1S/C10H13F6N3O/c1-7(2,3)19-6(17)5(4-18-19)8(20,9(11,12)13)10(14,15)16/h4,20H,17H2,1-3H3. The number of nitrogens with two attached hydrogens (primary N) is 1. The Kier molecular flexibility index (Phi) is 3.55. The summed E-state index contributed by atoms with van der Waals surface area (Å²) in [7, 11) is 0. The van der Waals surface area contributed by atoms with Gasteiger partial charge in [-0.25, -0.2) is 4.68 Å². The Balaban J connectivity index is 3.59. The fraction of sp³-hybridized carbons (Fsp3) is 0.700. The maximum atomic E-state index is 12.7. The highest BCUT2D eigenvalue weighted by atomic mass is 19.4. The maximum Gasteiger partial charge on any atom is 0.430 e. The summed E-state index contributed by atoms with van der Waals surface area (Å²) in [6.07, 6.45) is -11.7. The molecule has 0 amide bonds. The molecule has 0 bridgehead atoms. The van der Waals surface area contributed by atoms with Crippen molar-refractivity contribution in [3.05, 3.63) is 11.8 Å². The second-order valence-corrected chi connectivity index (χ2v) is 5.23. The van der Waals surface area contributed by atoms with Crippen molar-refractivity contribution in [2.24, 2.45) is 0 Å². The minimum absolute atomic E-state index is 0.279. The number of hydrogen-bond acceptors (Lipinski definition) is 3. The van der Waals surface area contributed by atoms with Gasteiger partial charge in [0.15, 0.2) is 0 Å². The number of halogens is 6. The molecule has 0 aliphatic rings. The molecule has 0 spiro atoms. The molecule has 0 fully saturated rings. The van der Waals surface area contributed by atoms with E-state index in [9.17, 15) is 31.4 Å². The summed E-state index contributed by atoms with van der Waals surface area (Å²) in [5.74, 6) is -0.894. The van der Waals surface area contributed by atoms with E-state index in [1.165, 1.54) is 20.8 Å². The summed E-state index contributed by atoms with van der Waals surface area (Å²) in [6.45, 7) is 4.46. The van der Waals surface area contributed by atoms with Crippen LogP contribution in [0.2, 0.25) is 0 Å². The molecule has 0 unspecified atom stereocenters. The Bertz CT molecular complexity index is 483. The van der Waals surface area contributed by atoms with Crippen LogP contribution < -0.4 is 5.73 Å². The van der Waals surface area contributed by atoms with E-state index < -0.39 is 34.9 Å². The number of nitrogen functional groups attached to an aromatic ring is 1. The highest BCUT2D eigenvalue weighted by Crippen LogP contribution is 2.51. The molecule has 116 valence electrons. The van der Waals surface area contributed by atoms with Gasteiger partial charge in [-0.15, -0.1) is 0 Å². The molecule has 1 aromatic rings. The van der Waals surface area contributed by atoms with E-state index in [-0.39, 0.29) is 6.20 Å². The lowest BCUT2D eigenvalue weighted by Gasteiger charge is -2.32. The van der Waals surface area contributed by atoms with Crippen molar-refractivity contribution >= 4 is 5.82 Å². The van der Waals surface area contributed by atoms with Crippen LogP contribution in [0.4, 0.5) is 32.2 Å². The summed E-state index contributed by atoms with van der Waals surface area (Å²) in [5, 5.41) is 12.6. The molecule has 1 heterocycles. The third-order valence-electron chi connectivity index (χ3n) is 2.65. The van der Waals surface area contributed by atoms with Gasteiger partial charge in [-0.2, -0.15) is 31.4 Å². The van der Waals surface area contributed by atoms with Crippen LogP contribution >= 0.6 is 0 Å². The van der Waals surface area contributed by atoms with Crippen LogP contribution in [0.25, 0.3) is 0 Å². The number of aromatic nitrogens is 2. The lowest BCUT2D eigenvalue weighted by atomic mass is 9.94. The van der Waals surface area contributed by atoms with Gasteiger partial charge in [0.05, 0.1) is 17.3 Å². The Hall–Kier alpha value is -1.45. The second-order valence-electron chi connectivity index (χ2n) is 5.23. The zero-order chi connectivity index (χ0) is 16.1. The highest BCUT2D eigenvalue weighted by Gasteiger charge is 2.72. The monoisotopic (exact) mass is 305 g/mol. The predicted molar refractivity (Wildman–Crippen MR) is 57.6 cm³/mol. The number of nitrogens with zero attached hydrogens (tertiary/aromatic N) is 2. The van der Waals surface area contributed by atoms with Gasteiger partial charge in [0.25, 0.3) is 5.60 Å². The molecule has 1 rings (SSSR count). The van der Waals surface area contributed by atoms with E-state index in [4.69, 9.17) is 5.73 Å². The third-order valence-corrected chi connectivity index (χ3v) is 2.65. The van der Waals surface area contributed by atoms with Gasteiger partial charge in [0.1, 0.15) is 5.82 Å². The first kappa shape index (κ1) is 16.6. The van der Waals surface area contributed by atoms with Crippen molar-refractivity contribution in [2.45, 2.75) is 44.3 Å². The molecule has 3 N–H and O–H groups in total. The predicted octanol–water partition coefficient (Wildman–Crippen LogP) is 2.53. The average Bonchev–Trinajstić information content (AvgIpc) is 2.54. The van der Waals surface area contributed by atoms with E-state index in [1.807, 2.05) is 0 Å². The fourth-order valence-corrected chi connectivity index (χ4v) is 1.64. The van der Waals surface area contributed by atoms with E-state index >= 15 is 0 Å². The third kappa shape index (κ3) is 2.32. The number of aliphatic hydroxyl groups is 1. The molecule has 0 aliphatic heterocycles. The summed E-state index contributed by atoms with van der Waals surface area (Å²) >= 11 is 0. The molecule has 0 aromatic carbocycles. The summed E-state index contributed by atoms with van der Waals surface area (Å²) in [5.41, 5.74) is -2.23. The van der Waals surface area contributed by atoms with Crippen LogP contribution in [0.1, 0.15) is 26.3 Å². The molecule has 10 heteroatoms. The number of anilines is 1. The Morgan fingerprint density at radius 1 is 1.05 bits per heavy atom. The molecule has 0 atom stereocenters. The summed E-state index contributed by atoms with van der Waals surface area (Å²) in [6, 6.07) is 0. The topological polar surface area (TPSA) is 64.1 Å². The van der Waals surface area contributed by atoms with Crippen LogP contribution in [0.15, 0.2) is 6.20 Å². The molecule has 20 heavy (non-hydrogen) atoms. The normalized spacial score (nSPS) is 14.7. The molecule has 0 saturated carbocycles. The summed E-state index contributed by atoms with van der Waals surface area (Å²) < 4.78 is 77.0. The molecule has 0 aliphatic carbocycles. The number of alkyl halides is 6. The van der Waals surface area contributed by atoms with E-state index in [0.29, 0.717) is 0 Å². The van der Waals surface area contributed by atoms with Crippen LogP contribution in [0.3, 0.4) is 0 Å².